The SMILES string of the molecule is Cc1ccc(NC(=O)[C@H]2C[C@@H](C)[C@H](C(=O)O)O2)cc1S(C)(=O)=O. The topological polar surface area (TPSA) is 110 Å². The van der Waals surface area contributed by atoms with Crippen LogP contribution in [-0.2, 0) is 24.2 Å². The summed E-state index contributed by atoms with van der Waals surface area (Å²) in [7, 11) is -3.40. The zero-order valence-corrected chi connectivity index (χ0v) is 13.9. The van der Waals surface area contributed by atoms with Gasteiger partial charge in [-0.1, -0.05) is 13.0 Å². The molecule has 1 aliphatic rings. The molecule has 1 fully saturated rings. The number of amides is 1. The number of rotatable bonds is 4. The minimum atomic E-state index is -3.40. The van der Waals surface area contributed by atoms with E-state index in [2.05, 4.69) is 5.32 Å². The molecule has 0 radical (unpaired) electrons. The number of ether oxygens (including phenoxy) is 1. The first-order chi connectivity index (χ1) is 10.6. The number of aliphatic carboxylic acids is 1. The Kier molecular flexibility index (Phi) is 4.76. The van der Waals surface area contributed by atoms with Crippen LogP contribution in [0.4, 0.5) is 5.69 Å². The molecule has 1 aliphatic heterocycles. The van der Waals surface area contributed by atoms with E-state index in [0.717, 1.165) is 6.26 Å². The van der Waals surface area contributed by atoms with Gasteiger partial charge in [0, 0.05) is 11.9 Å². The maximum atomic E-state index is 12.2. The summed E-state index contributed by atoms with van der Waals surface area (Å²) in [6.07, 6.45) is -0.474. The summed E-state index contributed by atoms with van der Waals surface area (Å²) in [4.78, 5) is 23.3. The molecule has 7 nitrogen and oxygen atoms in total. The average Bonchev–Trinajstić information content (AvgIpc) is 2.82. The van der Waals surface area contributed by atoms with Crippen molar-refractivity contribution >= 4 is 27.4 Å². The molecular formula is C15H19NO6S. The molecule has 0 unspecified atom stereocenters. The molecule has 126 valence electrons. The van der Waals surface area contributed by atoms with Crippen LogP contribution in [0.1, 0.15) is 18.9 Å². The zero-order valence-electron chi connectivity index (χ0n) is 13.1. The van der Waals surface area contributed by atoms with Crippen LogP contribution in [0, 0.1) is 12.8 Å². The molecule has 0 bridgehead atoms. The second-order valence-corrected chi connectivity index (χ2v) is 7.82. The maximum Gasteiger partial charge on any atom is 0.333 e. The summed E-state index contributed by atoms with van der Waals surface area (Å²) in [6, 6.07) is 4.58. The van der Waals surface area contributed by atoms with Crippen LogP contribution in [0.2, 0.25) is 0 Å². The molecule has 1 aromatic carbocycles. The highest BCUT2D eigenvalue weighted by Crippen LogP contribution is 2.28. The Morgan fingerprint density at radius 2 is 2.00 bits per heavy atom. The number of aryl methyl sites for hydroxylation is 1. The van der Waals surface area contributed by atoms with E-state index in [-0.39, 0.29) is 10.8 Å². The van der Waals surface area contributed by atoms with Crippen molar-refractivity contribution in [2.24, 2.45) is 5.92 Å². The molecule has 23 heavy (non-hydrogen) atoms. The third kappa shape index (κ3) is 3.89. The summed E-state index contributed by atoms with van der Waals surface area (Å²) < 4.78 is 28.7. The van der Waals surface area contributed by atoms with Gasteiger partial charge in [0.15, 0.2) is 15.9 Å². The Bertz CT molecular complexity index is 742. The highest BCUT2D eigenvalue weighted by atomic mass is 32.2. The highest BCUT2D eigenvalue weighted by Gasteiger charge is 2.40. The number of carbonyl (C=O) groups is 2. The first kappa shape index (κ1) is 17.4. The van der Waals surface area contributed by atoms with E-state index in [1.807, 2.05) is 0 Å². The van der Waals surface area contributed by atoms with Crippen LogP contribution in [-0.4, -0.2) is 43.9 Å². The van der Waals surface area contributed by atoms with Crippen molar-refractivity contribution in [1.29, 1.82) is 0 Å². The predicted octanol–water partition coefficient (Wildman–Crippen LogP) is 1.22. The first-order valence-electron chi connectivity index (χ1n) is 7.09. The van der Waals surface area contributed by atoms with Gasteiger partial charge in [-0.3, -0.25) is 4.79 Å². The number of carboxylic acids is 1. The lowest BCUT2D eigenvalue weighted by Crippen LogP contribution is -2.30. The van der Waals surface area contributed by atoms with Crippen LogP contribution < -0.4 is 5.32 Å². The summed E-state index contributed by atoms with van der Waals surface area (Å²) in [6.45, 7) is 3.38. The summed E-state index contributed by atoms with van der Waals surface area (Å²) in [5.74, 6) is -1.85. The van der Waals surface area contributed by atoms with Crippen molar-refractivity contribution < 1.29 is 27.9 Å². The highest BCUT2D eigenvalue weighted by molar-refractivity contribution is 7.90. The summed E-state index contributed by atoms with van der Waals surface area (Å²) >= 11 is 0. The van der Waals surface area contributed by atoms with Crippen LogP contribution >= 0.6 is 0 Å². The van der Waals surface area contributed by atoms with Gasteiger partial charge in [-0.2, -0.15) is 0 Å². The molecule has 1 heterocycles. The number of hydrogen-bond acceptors (Lipinski definition) is 5. The lowest BCUT2D eigenvalue weighted by atomic mass is 10.0. The fourth-order valence-electron chi connectivity index (χ4n) is 2.60. The second-order valence-electron chi connectivity index (χ2n) is 5.84. The Morgan fingerprint density at radius 1 is 1.35 bits per heavy atom. The first-order valence-corrected chi connectivity index (χ1v) is 8.98. The van der Waals surface area contributed by atoms with Crippen molar-refractivity contribution in [3.05, 3.63) is 23.8 Å². The number of sulfone groups is 1. The van der Waals surface area contributed by atoms with Gasteiger partial charge in [-0.15, -0.1) is 0 Å². The van der Waals surface area contributed by atoms with Crippen molar-refractivity contribution in [2.75, 3.05) is 11.6 Å². The third-order valence-corrected chi connectivity index (χ3v) is 5.04. The Hall–Kier alpha value is -1.93. The predicted molar refractivity (Wildman–Crippen MR) is 83.0 cm³/mol. The number of anilines is 1. The number of carboxylic acid groups (broad SMARTS) is 1. The van der Waals surface area contributed by atoms with E-state index in [0.29, 0.717) is 17.7 Å². The lowest BCUT2D eigenvalue weighted by Gasteiger charge is -2.13. The van der Waals surface area contributed by atoms with E-state index < -0.39 is 33.9 Å². The molecule has 1 saturated heterocycles. The zero-order chi connectivity index (χ0) is 17.4. The molecule has 2 N–H and O–H groups in total. The smallest absolute Gasteiger partial charge is 0.333 e. The molecule has 1 amide bonds. The van der Waals surface area contributed by atoms with Gasteiger partial charge < -0.3 is 15.2 Å². The van der Waals surface area contributed by atoms with Gasteiger partial charge in [0.1, 0.15) is 6.10 Å². The van der Waals surface area contributed by atoms with Gasteiger partial charge >= 0.3 is 5.97 Å². The molecule has 1 aromatic rings. The molecule has 2 rings (SSSR count). The van der Waals surface area contributed by atoms with E-state index >= 15 is 0 Å². The Labute approximate surface area is 134 Å². The third-order valence-electron chi connectivity index (χ3n) is 3.80. The van der Waals surface area contributed by atoms with Gasteiger partial charge in [-0.05, 0) is 37.0 Å². The fourth-order valence-corrected chi connectivity index (χ4v) is 3.59. The van der Waals surface area contributed by atoms with E-state index in [4.69, 9.17) is 9.84 Å². The molecule has 8 heteroatoms. The molecular weight excluding hydrogens is 322 g/mol. The minimum Gasteiger partial charge on any atom is -0.479 e. The quantitative estimate of drug-likeness (QED) is 0.852. The normalized spacial score (nSPS) is 24.4. The summed E-state index contributed by atoms with van der Waals surface area (Å²) in [5, 5.41) is 11.6. The van der Waals surface area contributed by atoms with Crippen LogP contribution in [0.15, 0.2) is 23.1 Å². The van der Waals surface area contributed by atoms with Crippen LogP contribution in [0.3, 0.4) is 0 Å². The van der Waals surface area contributed by atoms with Crippen molar-refractivity contribution in [1.82, 2.24) is 0 Å². The number of benzene rings is 1. The molecule has 0 spiro atoms. The van der Waals surface area contributed by atoms with Gasteiger partial charge in [0.2, 0.25) is 0 Å². The monoisotopic (exact) mass is 341 g/mol. The van der Waals surface area contributed by atoms with E-state index in [1.165, 1.54) is 6.07 Å². The largest absolute Gasteiger partial charge is 0.479 e. The average molecular weight is 341 g/mol. The van der Waals surface area contributed by atoms with Crippen molar-refractivity contribution in [3.63, 3.8) is 0 Å². The van der Waals surface area contributed by atoms with Crippen molar-refractivity contribution in [3.8, 4) is 0 Å². The Balaban J connectivity index is 2.14. The fraction of sp³-hybridized carbons (Fsp3) is 0.467. The van der Waals surface area contributed by atoms with Gasteiger partial charge in [-0.25, -0.2) is 13.2 Å². The number of carbonyl (C=O) groups excluding carboxylic acids is 1. The van der Waals surface area contributed by atoms with Crippen LogP contribution in [0.5, 0.6) is 0 Å². The second kappa shape index (κ2) is 6.29. The standard InChI is InChI=1S/C15H19NO6S/c1-8-4-5-10(7-12(8)23(3,20)21)16-14(17)11-6-9(2)13(22-11)15(18)19/h4-5,7,9,11,13H,6H2,1-3H3,(H,16,17)(H,18,19)/t9-,11-,13-/m1/s1. The van der Waals surface area contributed by atoms with Crippen LogP contribution in [0.25, 0.3) is 0 Å². The maximum absolute atomic E-state index is 12.2. The minimum absolute atomic E-state index is 0.138. The molecule has 0 saturated carbocycles. The summed E-state index contributed by atoms with van der Waals surface area (Å²) in [5.41, 5.74) is 0.915. The van der Waals surface area contributed by atoms with Gasteiger partial charge in [0.05, 0.1) is 4.90 Å². The molecule has 3 atom stereocenters. The molecule has 0 aromatic heterocycles. The van der Waals surface area contributed by atoms with E-state index in [9.17, 15) is 18.0 Å². The van der Waals surface area contributed by atoms with Crippen molar-refractivity contribution in [2.45, 2.75) is 37.4 Å². The van der Waals surface area contributed by atoms with Gasteiger partial charge in [0.25, 0.3) is 5.91 Å². The Morgan fingerprint density at radius 3 is 2.52 bits per heavy atom. The number of hydrogen-bond donors (Lipinski definition) is 2. The van der Waals surface area contributed by atoms with E-state index in [1.54, 1.807) is 26.0 Å². The number of nitrogens with one attached hydrogen (secondary N) is 1. The lowest BCUT2D eigenvalue weighted by molar-refractivity contribution is -0.152. The molecule has 0 aliphatic carbocycles.